The highest BCUT2D eigenvalue weighted by molar-refractivity contribution is 6.30. The molecule has 3 aromatic rings. The molecule has 0 spiro atoms. The number of aromatic amines is 1. The molecule has 0 aliphatic carbocycles. The average molecular weight is 445 g/mol. The average Bonchev–Trinajstić information content (AvgIpc) is 3.26. The van der Waals surface area contributed by atoms with E-state index in [9.17, 15) is 14.7 Å². The van der Waals surface area contributed by atoms with E-state index in [1.54, 1.807) is 6.07 Å². The third kappa shape index (κ3) is 6.32. The number of carboxylic acids is 1. The minimum atomic E-state index is -1.13. The second-order valence-corrected chi connectivity index (χ2v) is 7.15. The van der Waals surface area contributed by atoms with Gasteiger partial charge in [-0.1, -0.05) is 53.1 Å². The molecule has 0 saturated heterocycles. The van der Waals surface area contributed by atoms with E-state index in [4.69, 9.17) is 16.3 Å². The molecule has 2 aromatic carbocycles. The molecule has 31 heavy (non-hydrogen) atoms. The number of amides is 1. The molecule has 11 heteroatoms. The number of aromatic nitrogens is 4. The van der Waals surface area contributed by atoms with E-state index in [-0.39, 0.29) is 19.0 Å². The number of halogens is 1. The lowest BCUT2D eigenvalue weighted by molar-refractivity contribution is -0.141. The normalized spacial score (nSPS) is 12.8. The van der Waals surface area contributed by atoms with Crippen LogP contribution >= 0.6 is 11.6 Å². The van der Waals surface area contributed by atoms with E-state index in [1.807, 2.05) is 42.5 Å². The van der Waals surface area contributed by atoms with E-state index in [0.29, 0.717) is 5.02 Å². The number of tetrazole rings is 1. The van der Waals surface area contributed by atoms with Crippen molar-refractivity contribution < 1.29 is 19.4 Å². The van der Waals surface area contributed by atoms with Crippen LogP contribution in [0.1, 0.15) is 5.56 Å². The van der Waals surface area contributed by atoms with Crippen molar-refractivity contribution in [2.75, 3.05) is 19.0 Å². The molecule has 2 atom stereocenters. The monoisotopic (exact) mass is 444 g/mol. The molecule has 0 saturated carbocycles. The molecule has 0 aliphatic rings. The van der Waals surface area contributed by atoms with Gasteiger partial charge >= 0.3 is 5.97 Å². The van der Waals surface area contributed by atoms with E-state index in [1.165, 1.54) is 7.11 Å². The van der Waals surface area contributed by atoms with Crippen molar-refractivity contribution in [2.24, 2.45) is 0 Å². The number of anilines is 1. The summed E-state index contributed by atoms with van der Waals surface area (Å²) in [7, 11) is 1.39. The molecule has 0 bridgehead atoms. The Bertz CT molecular complexity index is 1010. The number of carbonyl (C=O) groups excluding carboxylic acids is 1. The molecule has 0 fully saturated rings. The molecule has 1 amide bonds. The fourth-order valence-electron chi connectivity index (χ4n) is 2.98. The van der Waals surface area contributed by atoms with Crippen LogP contribution in [0, 0.1) is 0 Å². The molecule has 162 valence electrons. The second kappa shape index (κ2) is 10.6. The number of hydrogen-bond donors (Lipinski definition) is 4. The zero-order valence-corrected chi connectivity index (χ0v) is 17.3. The summed E-state index contributed by atoms with van der Waals surface area (Å²) in [6.45, 7) is -0.101. The van der Waals surface area contributed by atoms with Crippen molar-refractivity contribution in [3.63, 3.8) is 0 Å². The van der Waals surface area contributed by atoms with Gasteiger partial charge in [-0.15, -0.1) is 0 Å². The first-order valence-corrected chi connectivity index (χ1v) is 9.71. The van der Waals surface area contributed by atoms with Crippen LogP contribution in [-0.2, 0) is 20.7 Å². The second-order valence-electron chi connectivity index (χ2n) is 6.72. The van der Waals surface area contributed by atoms with E-state index >= 15 is 0 Å². The largest absolute Gasteiger partial charge is 0.480 e. The summed E-state index contributed by atoms with van der Waals surface area (Å²) in [5.41, 5.74) is 2.77. The van der Waals surface area contributed by atoms with Gasteiger partial charge in [0.05, 0.1) is 12.6 Å². The van der Waals surface area contributed by atoms with Crippen LogP contribution in [0.3, 0.4) is 0 Å². The van der Waals surface area contributed by atoms with Crippen LogP contribution < -0.4 is 10.6 Å². The highest BCUT2D eigenvalue weighted by atomic mass is 35.5. The third-order valence-electron chi connectivity index (χ3n) is 4.49. The Balaban J connectivity index is 1.77. The highest BCUT2D eigenvalue weighted by Crippen LogP contribution is 2.23. The number of carboxylic acid groups (broad SMARTS) is 1. The van der Waals surface area contributed by atoms with E-state index in [2.05, 4.69) is 31.3 Å². The summed E-state index contributed by atoms with van der Waals surface area (Å²) in [6, 6.07) is 13.1. The van der Waals surface area contributed by atoms with Gasteiger partial charge in [0, 0.05) is 12.1 Å². The number of benzene rings is 2. The maximum atomic E-state index is 12.8. The summed E-state index contributed by atoms with van der Waals surface area (Å²) in [4.78, 5) is 24.3. The number of nitrogens with one attached hydrogen (secondary N) is 3. The summed E-state index contributed by atoms with van der Waals surface area (Å²) < 4.78 is 4.95. The van der Waals surface area contributed by atoms with E-state index in [0.717, 1.165) is 16.7 Å². The predicted molar refractivity (Wildman–Crippen MR) is 114 cm³/mol. The Morgan fingerprint density at radius 3 is 2.55 bits per heavy atom. The van der Waals surface area contributed by atoms with Crippen molar-refractivity contribution in [1.82, 2.24) is 25.9 Å². The van der Waals surface area contributed by atoms with Crippen LogP contribution in [-0.4, -0.2) is 63.4 Å². The van der Waals surface area contributed by atoms with Gasteiger partial charge in [-0.3, -0.25) is 20.2 Å². The Hall–Kier alpha value is -3.34. The molecule has 1 heterocycles. The minimum Gasteiger partial charge on any atom is -0.480 e. The number of H-pyrrole nitrogens is 1. The Morgan fingerprint density at radius 1 is 1.16 bits per heavy atom. The smallest absolute Gasteiger partial charge is 0.323 e. The van der Waals surface area contributed by atoms with Crippen molar-refractivity contribution in [1.29, 1.82) is 0 Å². The molecular formula is C20H21ClN6O4. The van der Waals surface area contributed by atoms with Gasteiger partial charge in [0.1, 0.15) is 6.04 Å². The molecule has 3 rings (SSSR count). The first-order chi connectivity index (χ1) is 15.0. The van der Waals surface area contributed by atoms with Crippen molar-refractivity contribution in [3.05, 3.63) is 59.1 Å². The maximum absolute atomic E-state index is 12.8. The van der Waals surface area contributed by atoms with E-state index < -0.39 is 24.0 Å². The predicted octanol–water partition coefficient (Wildman–Crippen LogP) is 1.76. The van der Waals surface area contributed by atoms with Crippen LogP contribution in [0.15, 0.2) is 48.5 Å². The molecule has 4 N–H and O–H groups in total. The molecule has 0 aliphatic heterocycles. The third-order valence-corrected chi connectivity index (χ3v) is 4.72. The molecule has 0 radical (unpaired) electrons. The number of hydrogen-bond acceptors (Lipinski definition) is 7. The van der Waals surface area contributed by atoms with Crippen LogP contribution in [0.5, 0.6) is 0 Å². The molecule has 10 nitrogen and oxygen atoms in total. The van der Waals surface area contributed by atoms with Gasteiger partial charge in [-0.05, 0) is 45.7 Å². The fraction of sp³-hybridized carbons (Fsp3) is 0.250. The van der Waals surface area contributed by atoms with Gasteiger partial charge in [0.2, 0.25) is 11.9 Å². The standard InChI is InChI=1S/C20H21ClN6O4/c1-31-11-17(19(29)30)22-16(18(28)23-20-24-26-27-25-20)9-12-5-7-13(8-6-12)14-3-2-4-15(21)10-14/h2-8,10,16-17,22H,9,11H2,1H3,(H,29,30)(H2,23,24,25,26,27,28)/t16-,17-/m0/s1. The number of aliphatic carboxylic acids is 1. The Morgan fingerprint density at radius 2 is 1.94 bits per heavy atom. The van der Waals surface area contributed by atoms with Crippen molar-refractivity contribution >= 4 is 29.4 Å². The number of carbonyl (C=O) groups is 2. The van der Waals surface area contributed by atoms with Gasteiger partial charge in [-0.2, -0.15) is 0 Å². The Kier molecular flexibility index (Phi) is 7.65. The zero-order valence-electron chi connectivity index (χ0n) is 16.6. The number of ether oxygens (including phenoxy) is 1. The maximum Gasteiger partial charge on any atom is 0.323 e. The van der Waals surface area contributed by atoms with Crippen LogP contribution in [0.25, 0.3) is 11.1 Å². The van der Waals surface area contributed by atoms with Gasteiger partial charge in [0.15, 0.2) is 0 Å². The SMILES string of the molecule is COC[C@H](N[C@@H](Cc1ccc(-c2cccc(Cl)c2)cc1)C(=O)Nc1nnn[nH]1)C(=O)O. The van der Waals surface area contributed by atoms with Crippen LogP contribution in [0.2, 0.25) is 5.02 Å². The van der Waals surface area contributed by atoms with Gasteiger partial charge in [-0.25, -0.2) is 5.10 Å². The number of nitrogens with zero attached hydrogens (tertiary/aromatic N) is 3. The summed E-state index contributed by atoms with van der Waals surface area (Å²) >= 11 is 6.06. The number of methoxy groups -OCH3 is 1. The fourth-order valence-corrected chi connectivity index (χ4v) is 3.17. The quantitative estimate of drug-likeness (QED) is 0.370. The van der Waals surface area contributed by atoms with Crippen LogP contribution in [0.4, 0.5) is 5.95 Å². The lowest BCUT2D eigenvalue weighted by Gasteiger charge is -2.22. The highest BCUT2D eigenvalue weighted by Gasteiger charge is 2.27. The molecule has 1 aromatic heterocycles. The first kappa shape index (κ1) is 22.3. The molecule has 0 unspecified atom stereocenters. The van der Waals surface area contributed by atoms with Crippen molar-refractivity contribution in [3.8, 4) is 11.1 Å². The lowest BCUT2D eigenvalue weighted by atomic mass is 10.00. The topological polar surface area (TPSA) is 142 Å². The molecular weight excluding hydrogens is 424 g/mol. The van der Waals surface area contributed by atoms with Gasteiger partial charge < -0.3 is 9.84 Å². The van der Waals surface area contributed by atoms with Crippen molar-refractivity contribution in [2.45, 2.75) is 18.5 Å². The Labute approximate surface area is 183 Å². The lowest BCUT2D eigenvalue weighted by Crippen LogP contribution is -2.52. The zero-order chi connectivity index (χ0) is 22.2. The summed E-state index contributed by atoms with van der Waals surface area (Å²) in [5.74, 6) is -1.55. The first-order valence-electron chi connectivity index (χ1n) is 9.33. The van der Waals surface area contributed by atoms with Gasteiger partial charge in [0.25, 0.3) is 0 Å². The minimum absolute atomic E-state index is 0.0618. The number of rotatable bonds is 10. The summed E-state index contributed by atoms with van der Waals surface area (Å²) in [6.07, 6.45) is 0.233. The summed E-state index contributed by atoms with van der Waals surface area (Å²) in [5, 5.41) is 28.3.